The fourth-order valence-electron chi connectivity index (χ4n) is 1.59. The van der Waals surface area contributed by atoms with Crippen molar-refractivity contribution in [3.63, 3.8) is 0 Å². The number of nitrogens with two attached hydrogens (primary N) is 1. The Hall–Kier alpha value is -2.30. The number of benzene rings is 1. The number of aromatic nitrogens is 2. The first-order valence-electron chi connectivity index (χ1n) is 4.75. The van der Waals surface area contributed by atoms with Crippen LogP contribution in [0.25, 0.3) is 0 Å². The number of imidazole rings is 1. The maximum absolute atomic E-state index is 11.1. The van der Waals surface area contributed by atoms with Gasteiger partial charge in [-0.1, -0.05) is 12.1 Å². The molecule has 0 bridgehead atoms. The standard InChI is InChI=1S/C11H11N3O2/c12-9-3-1-2-8(10(9)11(15)16)6-14-5-4-13-7-14/h1-5,7H,6,12H2,(H,15,16). The minimum atomic E-state index is -1.01. The minimum Gasteiger partial charge on any atom is -0.478 e. The summed E-state index contributed by atoms with van der Waals surface area (Å²) in [5, 5.41) is 9.07. The molecule has 2 aromatic rings. The highest BCUT2D eigenvalue weighted by Crippen LogP contribution is 2.18. The number of nitrogen functional groups attached to an aromatic ring is 1. The number of anilines is 1. The van der Waals surface area contributed by atoms with Crippen LogP contribution in [0.4, 0.5) is 5.69 Å². The minimum absolute atomic E-state index is 0.163. The summed E-state index contributed by atoms with van der Waals surface area (Å²) in [5.74, 6) is -1.01. The van der Waals surface area contributed by atoms with E-state index in [9.17, 15) is 4.79 Å². The van der Waals surface area contributed by atoms with Gasteiger partial charge in [0.25, 0.3) is 0 Å². The van der Waals surface area contributed by atoms with Crippen molar-refractivity contribution in [3.05, 3.63) is 48.0 Å². The van der Waals surface area contributed by atoms with Crippen molar-refractivity contribution in [2.75, 3.05) is 5.73 Å². The van der Waals surface area contributed by atoms with Crippen molar-refractivity contribution in [2.45, 2.75) is 6.54 Å². The molecule has 0 fully saturated rings. The molecule has 0 aliphatic rings. The van der Waals surface area contributed by atoms with Gasteiger partial charge >= 0.3 is 5.97 Å². The van der Waals surface area contributed by atoms with E-state index < -0.39 is 5.97 Å². The van der Waals surface area contributed by atoms with Crippen molar-refractivity contribution in [3.8, 4) is 0 Å². The summed E-state index contributed by atoms with van der Waals surface area (Å²) in [6.07, 6.45) is 5.05. The van der Waals surface area contributed by atoms with Gasteiger partial charge in [-0.25, -0.2) is 9.78 Å². The van der Waals surface area contributed by atoms with Crippen molar-refractivity contribution in [1.82, 2.24) is 9.55 Å². The van der Waals surface area contributed by atoms with E-state index in [1.165, 1.54) is 0 Å². The van der Waals surface area contributed by atoms with E-state index in [0.717, 1.165) is 0 Å². The van der Waals surface area contributed by atoms with Crippen molar-refractivity contribution in [1.29, 1.82) is 0 Å². The molecule has 82 valence electrons. The third kappa shape index (κ3) is 1.88. The zero-order valence-electron chi connectivity index (χ0n) is 8.50. The molecule has 0 amide bonds. The molecular formula is C11H11N3O2. The summed E-state index contributed by atoms with van der Waals surface area (Å²) in [6.45, 7) is 0.451. The van der Waals surface area contributed by atoms with E-state index in [-0.39, 0.29) is 11.3 Å². The Kier molecular flexibility index (Phi) is 2.59. The first-order chi connectivity index (χ1) is 7.68. The number of hydrogen-bond acceptors (Lipinski definition) is 3. The van der Waals surface area contributed by atoms with E-state index in [2.05, 4.69) is 4.98 Å². The Balaban J connectivity index is 2.40. The van der Waals surface area contributed by atoms with Gasteiger partial charge in [-0.3, -0.25) is 0 Å². The number of rotatable bonds is 3. The molecule has 2 rings (SSSR count). The fourth-order valence-corrected chi connectivity index (χ4v) is 1.59. The fraction of sp³-hybridized carbons (Fsp3) is 0.0909. The topological polar surface area (TPSA) is 81.1 Å². The zero-order valence-corrected chi connectivity index (χ0v) is 8.50. The van der Waals surface area contributed by atoms with Gasteiger partial charge in [0, 0.05) is 24.6 Å². The van der Waals surface area contributed by atoms with Crippen LogP contribution in [0.2, 0.25) is 0 Å². The zero-order chi connectivity index (χ0) is 11.5. The van der Waals surface area contributed by atoms with Crippen molar-refractivity contribution in [2.24, 2.45) is 0 Å². The highest BCUT2D eigenvalue weighted by Gasteiger charge is 2.13. The molecule has 0 spiro atoms. The SMILES string of the molecule is Nc1cccc(Cn2ccnc2)c1C(=O)O. The predicted molar refractivity (Wildman–Crippen MR) is 59.1 cm³/mol. The first-order valence-corrected chi connectivity index (χ1v) is 4.75. The molecule has 0 saturated carbocycles. The van der Waals surface area contributed by atoms with Gasteiger partial charge in [-0.2, -0.15) is 0 Å². The molecule has 1 aromatic carbocycles. The first kappa shape index (κ1) is 10.2. The van der Waals surface area contributed by atoms with Crippen LogP contribution in [0, 0.1) is 0 Å². The Morgan fingerprint density at radius 1 is 1.50 bits per heavy atom. The van der Waals surface area contributed by atoms with Crippen LogP contribution in [0.15, 0.2) is 36.9 Å². The van der Waals surface area contributed by atoms with E-state index in [1.54, 1.807) is 41.5 Å². The summed E-state index contributed by atoms with van der Waals surface area (Å²) in [7, 11) is 0. The maximum Gasteiger partial charge on any atom is 0.338 e. The van der Waals surface area contributed by atoms with Gasteiger partial charge in [0.2, 0.25) is 0 Å². The Morgan fingerprint density at radius 2 is 2.31 bits per heavy atom. The van der Waals surface area contributed by atoms with Crippen LogP contribution in [-0.4, -0.2) is 20.6 Å². The second-order valence-electron chi connectivity index (χ2n) is 3.42. The van der Waals surface area contributed by atoms with E-state index in [1.807, 2.05) is 0 Å². The molecule has 1 aromatic heterocycles. The quantitative estimate of drug-likeness (QED) is 0.757. The average Bonchev–Trinajstić information content (AvgIpc) is 2.70. The van der Waals surface area contributed by atoms with Crippen LogP contribution in [-0.2, 0) is 6.54 Å². The summed E-state index contributed by atoms with van der Waals surface area (Å²) in [5.41, 5.74) is 6.76. The lowest BCUT2D eigenvalue weighted by molar-refractivity contribution is 0.0697. The summed E-state index contributed by atoms with van der Waals surface area (Å²) in [4.78, 5) is 15.0. The number of nitrogens with zero attached hydrogens (tertiary/aromatic N) is 2. The van der Waals surface area contributed by atoms with Gasteiger partial charge in [0.1, 0.15) is 0 Å². The Morgan fingerprint density at radius 3 is 2.94 bits per heavy atom. The molecule has 1 heterocycles. The summed E-state index contributed by atoms with van der Waals surface area (Å²) in [6, 6.07) is 5.08. The number of carbonyl (C=O) groups is 1. The lowest BCUT2D eigenvalue weighted by Gasteiger charge is -2.08. The van der Waals surface area contributed by atoms with Crippen LogP contribution in [0.1, 0.15) is 15.9 Å². The molecule has 0 aliphatic carbocycles. The molecule has 16 heavy (non-hydrogen) atoms. The van der Waals surface area contributed by atoms with Crippen LogP contribution in [0.5, 0.6) is 0 Å². The molecule has 5 nitrogen and oxygen atoms in total. The molecule has 3 N–H and O–H groups in total. The van der Waals surface area contributed by atoms with Gasteiger partial charge < -0.3 is 15.4 Å². The predicted octanol–water partition coefficient (Wildman–Crippen LogP) is 1.21. The van der Waals surface area contributed by atoms with Crippen molar-refractivity contribution >= 4 is 11.7 Å². The summed E-state index contributed by atoms with van der Waals surface area (Å²) < 4.78 is 1.79. The smallest absolute Gasteiger partial charge is 0.338 e. The van der Waals surface area contributed by atoms with Gasteiger partial charge in [-0.05, 0) is 11.6 Å². The lowest BCUT2D eigenvalue weighted by atomic mass is 10.1. The third-order valence-corrected chi connectivity index (χ3v) is 2.31. The van der Waals surface area contributed by atoms with Gasteiger partial charge in [-0.15, -0.1) is 0 Å². The highest BCUT2D eigenvalue weighted by molar-refractivity contribution is 5.95. The van der Waals surface area contributed by atoms with Crippen LogP contribution < -0.4 is 5.73 Å². The van der Waals surface area contributed by atoms with Gasteiger partial charge in [0.05, 0.1) is 11.9 Å². The second-order valence-corrected chi connectivity index (χ2v) is 3.42. The summed E-state index contributed by atoms with van der Waals surface area (Å²) >= 11 is 0. The lowest BCUT2D eigenvalue weighted by Crippen LogP contribution is -2.09. The molecule has 5 heteroatoms. The Labute approximate surface area is 92.2 Å². The van der Waals surface area contributed by atoms with E-state index in [0.29, 0.717) is 12.1 Å². The maximum atomic E-state index is 11.1. The molecule has 0 saturated heterocycles. The second kappa shape index (κ2) is 4.06. The number of hydrogen-bond donors (Lipinski definition) is 2. The van der Waals surface area contributed by atoms with Gasteiger partial charge in [0.15, 0.2) is 0 Å². The highest BCUT2D eigenvalue weighted by atomic mass is 16.4. The monoisotopic (exact) mass is 217 g/mol. The van der Waals surface area contributed by atoms with E-state index in [4.69, 9.17) is 10.8 Å². The average molecular weight is 217 g/mol. The number of carboxylic acids is 1. The van der Waals surface area contributed by atoms with E-state index >= 15 is 0 Å². The molecule has 0 unspecified atom stereocenters. The molecular weight excluding hydrogens is 206 g/mol. The number of carboxylic acid groups (broad SMARTS) is 1. The molecule has 0 atom stereocenters. The largest absolute Gasteiger partial charge is 0.478 e. The molecule has 0 radical (unpaired) electrons. The Bertz CT molecular complexity index is 506. The third-order valence-electron chi connectivity index (χ3n) is 2.31. The normalized spacial score (nSPS) is 10.2. The number of aromatic carboxylic acids is 1. The van der Waals surface area contributed by atoms with Crippen molar-refractivity contribution < 1.29 is 9.90 Å². The van der Waals surface area contributed by atoms with Crippen LogP contribution in [0.3, 0.4) is 0 Å². The molecule has 0 aliphatic heterocycles. The van der Waals surface area contributed by atoms with Crippen LogP contribution >= 0.6 is 0 Å².